The molecule has 0 saturated heterocycles. The molecule has 1 aliphatic rings. The van der Waals surface area contributed by atoms with Crippen molar-refractivity contribution in [2.45, 2.75) is 39.2 Å². The van der Waals surface area contributed by atoms with E-state index in [-0.39, 0.29) is 0 Å². The second kappa shape index (κ2) is 7.96. The molecule has 0 unspecified atom stereocenters. The monoisotopic (exact) mass is 428 g/mol. The van der Waals surface area contributed by atoms with E-state index in [9.17, 15) is 9.59 Å². The summed E-state index contributed by atoms with van der Waals surface area (Å²) < 4.78 is 3.71. The zero-order chi connectivity index (χ0) is 22.2. The highest BCUT2D eigenvalue weighted by atomic mass is 16.2. The largest absolute Gasteiger partial charge is 0.329 e. The molecule has 2 aromatic heterocycles. The van der Waals surface area contributed by atoms with Gasteiger partial charge in [0.25, 0.3) is 11.8 Å². The summed E-state index contributed by atoms with van der Waals surface area (Å²) in [4.78, 5) is 30.1. The third kappa shape index (κ3) is 3.64. The highest BCUT2D eigenvalue weighted by molar-refractivity contribution is 6.00. The van der Waals surface area contributed by atoms with Gasteiger partial charge in [-0.2, -0.15) is 5.10 Å². The fourth-order valence-electron chi connectivity index (χ4n) is 3.95. The highest BCUT2D eigenvalue weighted by Crippen LogP contribution is 2.39. The fourth-order valence-corrected chi connectivity index (χ4v) is 3.95. The summed E-state index contributed by atoms with van der Waals surface area (Å²) in [6, 6.07) is 16.6. The number of hydrogen-bond donors (Lipinski definition) is 2. The molecule has 0 bridgehead atoms. The molecule has 1 aliphatic carbocycles. The van der Waals surface area contributed by atoms with Crippen LogP contribution >= 0.6 is 0 Å². The van der Waals surface area contributed by atoms with Crippen LogP contribution in [0.4, 0.5) is 0 Å². The molecule has 1 saturated carbocycles. The quantitative estimate of drug-likeness (QED) is 0.476. The van der Waals surface area contributed by atoms with Crippen LogP contribution in [-0.2, 0) is 6.54 Å². The van der Waals surface area contributed by atoms with Gasteiger partial charge in [-0.1, -0.05) is 18.2 Å². The van der Waals surface area contributed by atoms with Gasteiger partial charge in [0.2, 0.25) is 0 Å². The Balaban J connectivity index is 1.35. The molecular formula is C24H24N6O2. The molecule has 32 heavy (non-hydrogen) atoms. The van der Waals surface area contributed by atoms with Gasteiger partial charge in [0.05, 0.1) is 22.4 Å². The minimum atomic E-state index is -0.422. The molecule has 1 fully saturated rings. The Hall–Kier alpha value is -3.94. The first-order valence-electron chi connectivity index (χ1n) is 10.8. The van der Waals surface area contributed by atoms with Crippen molar-refractivity contribution in [2.24, 2.45) is 0 Å². The molecule has 8 nitrogen and oxygen atoms in total. The Labute approximate surface area is 185 Å². The van der Waals surface area contributed by atoms with E-state index in [0.29, 0.717) is 17.2 Å². The van der Waals surface area contributed by atoms with Gasteiger partial charge in [-0.25, -0.2) is 9.67 Å². The van der Waals surface area contributed by atoms with E-state index in [1.54, 1.807) is 22.9 Å². The molecule has 2 heterocycles. The summed E-state index contributed by atoms with van der Waals surface area (Å²) >= 11 is 0. The van der Waals surface area contributed by atoms with Crippen molar-refractivity contribution in [3.8, 4) is 5.69 Å². The van der Waals surface area contributed by atoms with Gasteiger partial charge in [0, 0.05) is 18.0 Å². The van der Waals surface area contributed by atoms with E-state index < -0.39 is 11.8 Å². The van der Waals surface area contributed by atoms with Crippen molar-refractivity contribution in [2.75, 3.05) is 0 Å². The predicted molar refractivity (Wildman–Crippen MR) is 121 cm³/mol. The Morgan fingerprint density at radius 2 is 1.78 bits per heavy atom. The van der Waals surface area contributed by atoms with Crippen molar-refractivity contribution in [3.63, 3.8) is 0 Å². The van der Waals surface area contributed by atoms with Crippen molar-refractivity contribution >= 4 is 22.8 Å². The lowest BCUT2D eigenvalue weighted by atomic mass is 10.2. The lowest BCUT2D eigenvalue weighted by Gasteiger charge is -2.10. The zero-order valence-electron chi connectivity index (χ0n) is 18.0. The van der Waals surface area contributed by atoms with Crippen LogP contribution < -0.4 is 10.9 Å². The molecule has 2 amide bonds. The lowest BCUT2D eigenvalue weighted by molar-refractivity contribution is 0.0842. The van der Waals surface area contributed by atoms with Gasteiger partial charge in [0.15, 0.2) is 0 Å². The van der Waals surface area contributed by atoms with E-state index in [4.69, 9.17) is 0 Å². The number of carbonyl (C=O) groups is 2. The zero-order valence-corrected chi connectivity index (χ0v) is 18.0. The number of carbonyl (C=O) groups excluding carboxylic acids is 2. The molecule has 162 valence electrons. The maximum Gasteiger partial charge on any atom is 0.288 e. The number of hydrazine groups is 1. The molecule has 8 heteroatoms. The SMILES string of the molecule is CCn1c(C)nc2cc(C(=O)NNC(=O)c3cc(C4CC4)nn3-c3ccccc3)ccc21. The number of hydrogen-bond acceptors (Lipinski definition) is 4. The van der Waals surface area contributed by atoms with Gasteiger partial charge < -0.3 is 4.57 Å². The average molecular weight is 428 g/mol. The fraction of sp³-hybridized carbons (Fsp3) is 0.250. The topological polar surface area (TPSA) is 93.8 Å². The number of aromatic nitrogens is 4. The molecule has 0 spiro atoms. The summed E-state index contributed by atoms with van der Waals surface area (Å²) in [5.74, 6) is 0.471. The molecule has 2 N–H and O–H groups in total. The minimum Gasteiger partial charge on any atom is -0.329 e. The van der Waals surface area contributed by atoms with Gasteiger partial charge in [-0.3, -0.25) is 20.4 Å². The number of nitrogens with zero attached hydrogens (tertiary/aromatic N) is 4. The van der Waals surface area contributed by atoms with Crippen molar-refractivity contribution in [1.29, 1.82) is 0 Å². The summed E-state index contributed by atoms with van der Waals surface area (Å²) in [5.41, 5.74) is 9.27. The molecule has 2 aromatic carbocycles. The number of fused-ring (bicyclic) bond motifs is 1. The summed E-state index contributed by atoms with van der Waals surface area (Å²) in [6.07, 6.45) is 2.17. The number of amides is 2. The van der Waals surface area contributed by atoms with Crippen molar-refractivity contribution in [1.82, 2.24) is 30.2 Å². The molecule has 0 atom stereocenters. The Morgan fingerprint density at radius 1 is 1.03 bits per heavy atom. The van der Waals surface area contributed by atoms with E-state index >= 15 is 0 Å². The van der Waals surface area contributed by atoms with Gasteiger partial charge in [-0.05, 0) is 63.1 Å². The highest BCUT2D eigenvalue weighted by Gasteiger charge is 2.29. The smallest absolute Gasteiger partial charge is 0.288 e. The van der Waals surface area contributed by atoms with Gasteiger partial charge in [-0.15, -0.1) is 0 Å². The molecular weight excluding hydrogens is 404 g/mol. The molecule has 0 radical (unpaired) electrons. The van der Waals surface area contributed by atoms with Crippen LogP contribution in [0.1, 0.15) is 58.0 Å². The van der Waals surface area contributed by atoms with Crippen LogP contribution in [0.2, 0.25) is 0 Å². The molecule has 5 rings (SSSR count). The average Bonchev–Trinajstić information content (AvgIpc) is 3.48. The van der Waals surface area contributed by atoms with E-state index in [0.717, 1.165) is 47.6 Å². The van der Waals surface area contributed by atoms with Gasteiger partial charge in [0.1, 0.15) is 11.5 Å². The normalized spacial score (nSPS) is 13.3. The second-order valence-electron chi connectivity index (χ2n) is 7.99. The Morgan fingerprint density at radius 3 is 2.50 bits per heavy atom. The lowest BCUT2D eigenvalue weighted by Crippen LogP contribution is -2.42. The van der Waals surface area contributed by atoms with E-state index in [2.05, 4.69) is 32.4 Å². The van der Waals surface area contributed by atoms with Crippen molar-refractivity contribution < 1.29 is 9.59 Å². The van der Waals surface area contributed by atoms with Crippen molar-refractivity contribution in [3.05, 3.63) is 77.4 Å². The second-order valence-corrected chi connectivity index (χ2v) is 7.99. The number of para-hydroxylation sites is 1. The van der Waals surface area contributed by atoms with Crippen LogP contribution in [0, 0.1) is 6.92 Å². The number of aryl methyl sites for hydroxylation is 2. The first kappa shape index (κ1) is 20.0. The Bertz CT molecular complexity index is 1320. The summed E-state index contributed by atoms with van der Waals surface area (Å²) in [5, 5.41) is 4.63. The predicted octanol–water partition coefficient (Wildman–Crippen LogP) is 3.50. The first-order valence-corrected chi connectivity index (χ1v) is 10.8. The molecule has 4 aromatic rings. The molecule has 0 aliphatic heterocycles. The van der Waals surface area contributed by atoms with Crippen LogP contribution in [-0.4, -0.2) is 31.1 Å². The van der Waals surface area contributed by atoms with Crippen LogP contribution in [0.15, 0.2) is 54.6 Å². The van der Waals surface area contributed by atoms with Crippen LogP contribution in [0.5, 0.6) is 0 Å². The maximum atomic E-state index is 12.9. The summed E-state index contributed by atoms with van der Waals surface area (Å²) in [7, 11) is 0. The first-order chi connectivity index (χ1) is 15.5. The van der Waals surface area contributed by atoms with Crippen LogP contribution in [0.3, 0.4) is 0 Å². The number of nitrogens with one attached hydrogen (secondary N) is 2. The third-order valence-corrected chi connectivity index (χ3v) is 5.76. The van der Waals surface area contributed by atoms with E-state index in [1.807, 2.05) is 43.3 Å². The van der Waals surface area contributed by atoms with Gasteiger partial charge >= 0.3 is 0 Å². The minimum absolute atomic E-state index is 0.381. The van der Waals surface area contributed by atoms with Crippen LogP contribution in [0.25, 0.3) is 16.7 Å². The standard InChI is InChI=1S/C24H24N6O2/c1-3-29-15(2)25-20-13-17(11-12-21(20)29)23(31)26-27-24(32)22-14-19(16-9-10-16)28-30(22)18-7-5-4-6-8-18/h4-8,11-14,16H,3,9-10H2,1-2H3,(H,26,31)(H,27,32). The van der Waals surface area contributed by atoms with E-state index in [1.165, 1.54) is 0 Å². The Kier molecular flexibility index (Phi) is 4.97. The number of benzene rings is 2. The maximum absolute atomic E-state index is 12.9. The number of rotatable bonds is 5. The third-order valence-electron chi connectivity index (χ3n) is 5.76. The number of imidazole rings is 1. The summed E-state index contributed by atoms with van der Waals surface area (Å²) in [6.45, 7) is 4.80.